The van der Waals surface area contributed by atoms with E-state index in [1.165, 1.54) is 39.3 Å². The van der Waals surface area contributed by atoms with Gasteiger partial charge in [-0.1, -0.05) is 18.2 Å². The molecule has 0 amide bonds. The van der Waals surface area contributed by atoms with Crippen LogP contribution in [0.3, 0.4) is 0 Å². The topological polar surface area (TPSA) is 52.0 Å². The first-order chi connectivity index (χ1) is 9.36. The van der Waals surface area contributed by atoms with Crippen LogP contribution in [0.2, 0.25) is 0 Å². The van der Waals surface area contributed by atoms with E-state index < -0.39 is 11.7 Å². The van der Waals surface area contributed by atoms with Crippen molar-refractivity contribution in [3.63, 3.8) is 0 Å². The van der Waals surface area contributed by atoms with Gasteiger partial charge in [-0.25, -0.2) is 0 Å². The molecule has 0 atom stereocenters. The molecule has 0 aromatic heterocycles. The predicted molar refractivity (Wildman–Crippen MR) is 85.3 cm³/mol. The Kier molecular flexibility index (Phi) is 6.29. The molecule has 0 fully saturated rings. The van der Waals surface area contributed by atoms with Gasteiger partial charge in [-0.15, -0.1) is 0 Å². The van der Waals surface area contributed by atoms with E-state index in [1.54, 1.807) is 0 Å². The van der Waals surface area contributed by atoms with E-state index in [2.05, 4.69) is 11.2 Å². The lowest BCUT2D eigenvalue weighted by atomic mass is 10.0. The highest BCUT2D eigenvalue weighted by atomic mass is 127. The summed E-state index contributed by atoms with van der Waals surface area (Å²) in [4.78, 5) is 0. The maximum Gasteiger partial charge on any atom is 0.417 e. The number of benzene rings is 1. The van der Waals surface area contributed by atoms with Crippen molar-refractivity contribution >= 4 is 35.8 Å². The third kappa shape index (κ3) is 5.02. The highest BCUT2D eigenvalue weighted by Gasteiger charge is 2.33. The average molecular weight is 410 g/mol. The largest absolute Gasteiger partial charge is 0.417 e. The maximum atomic E-state index is 12.8. The van der Waals surface area contributed by atoms with Crippen LogP contribution >= 0.6 is 30.1 Å². The molecule has 1 aromatic carbocycles. The fraction of sp³-hybridized carbons (Fsp3) is 0.0769. The Morgan fingerprint density at radius 3 is 2.45 bits per heavy atom. The van der Waals surface area contributed by atoms with E-state index >= 15 is 0 Å². The van der Waals surface area contributed by atoms with E-state index in [0.717, 1.165) is 6.07 Å². The molecule has 0 spiro atoms. The van der Waals surface area contributed by atoms with Crippen molar-refractivity contribution in [3.05, 3.63) is 53.2 Å². The van der Waals surface area contributed by atoms with Gasteiger partial charge in [0.1, 0.15) is 0 Å². The summed E-state index contributed by atoms with van der Waals surface area (Å²) in [6, 6.07) is 5.10. The van der Waals surface area contributed by atoms with E-state index in [9.17, 15) is 13.2 Å². The summed E-state index contributed by atoms with van der Waals surface area (Å²) in [5.41, 5.74) is 10.6. The molecule has 0 radical (unpaired) electrons. The van der Waals surface area contributed by atoms with E-state index in [1.807, 2.05) is 21.2 Å². The van der Waals surface area contributed by atoms with Crippen molar-refractivity contribution in [1.82, 2.24) is 0 Å². The SMILES string of the molecule is N/C(C#CSI)=C\C=C(/N)c1ccccc1C(F)(F)F. The minimum atomic E-state index is -4.46. The monoisotopic (exact) mass is 410 g/mol. The van der Waals surface area contributed by atoms with Gasteiger partial charge in [-0.2, -0.15) is 13.2 Å². The summed E-state index contributed by atoms with van der Waals surface area (Å²) in [6.07, 6.45) is -1.77. The zero-order valence-electron chi connectivity index (χ0n) is 10.0. The molecule has 0 saturated heterocycles. The number of hydrogen-bond donors (Lipinski definition) is 2. The van der Waals surface area contributed by atoms with Crippen LogP contribution in [0.15, 0.2) is 42.1 Å². The van der Waals surface area contributed by atoms with Crippen LogP contribution < -0.4 is 11.5 Å². The maximum absolute atomic E-state index is 12.8. The number of hydrogen-bond acceptors (Lipinski definition) is 3. The van der Waals surface area contributed by atoms with Gasteiger partial charge >= 0.3 is 6.18 Å². The Morgan fingerprint density at radius 1 is 1.20 bits per heavy atom. The van der Waals surface area contributed by atoms with Gasteiger partial charge in [-0.05, 0) is 38.3 Å². The second-order valence-electron chi connectivity index (χ2n) is 3.59. The quantitative estimate of drug-likeness (QED) is 0.442. The standard InChI is InChI=1S/C13H10F3IN2S/c14-13(15,16)11-4-2-1-3-10(11)12(19)6-5-9(18)7-8-20-17/h1-6H,18-19H2/b9-5-,12-6-. The Bertz CT molecular complexity index is 598. The van der Waals surface area contributed by atoms with Gasteiger partial charge in [0.05, 0.1) is 11.3 Å². The van der Waals surface area contributed by atoms with Crippen LogP contribution in [-0.2, 0) is 6.18 Å². The van der Waals surface area contributed by atoms with Crippen molar-refractivity contribution in [2.45, 2.75) is 6.18 Å². The number of halogens is 4. The molecule has 0 aliphatic rings. The number of allylic oxidation sites excluding steroid dienone is 3. The summed E-state index contributed by atoms with van der Waals surface area (Å²) in [5.74, 6) is 2.61. The summed E-state index contributed by atoms with van der Waals surface area (Å²) in [7, 11) is 1.25. The molecule has 4 N–H and O–H groups in total. The van der Waals surface area contributed by atoms with Crippen molar-refractivity contribution in [2.24, 2.45) is 11.5 Å². The van der Waals surface area contributed by atoms with Crippen LogP contribution in [0.4, 0.5) is 13.2 Å². The highest BCUT2D eigenvalue weighted by molar-refractivity contribution is 14.2. The Morgan fingerprint density at radius 2 is 1.85 bits per heavy atom. The minimum Gasteiger partial charge on any atom is -0.398 e. The molecule has 2 nitrogen and oxygen atoms in total. The third-order valence-electron chi connectivity index (χ3n) is 2.22. The van der Waals surface area contributed by atoms with Crippen molar-refractivity contribution in [1.29, 1.82) is 0 Å². The van der Waals surface area contributed by atoms with Gasteiger partial charge < -0.3 is 11.5 Å². The summed E-state index contributed by atoms with van der Waals surface area (Å²) in [6.45, 7) is 0. The highest BCUT2D eigenvalue weighted by Crippen LogP contribution is 2.33. The molecule has 1 rings (SSSR count). The zero-order chi connectivity index (χ0) is 15.2. The molecule has 0 unspecified atom stereocenters. The van der Waals surface area contributed by atoms with Gasteiger partial charge in [0.15, 0.2) is 0 Å². The molecular formula is C13H10F3IN2S. The Labute approximate surface area is 131 Å². The van der Waals surface area contributed by atoms with Crippen LogP contribution in [0.1, 0.15) is 11.1 Å². The minimum absolute atomic E-state index is 0.0233. The zero-order valence-corrected chi connectivity index (χ0v) is 13.0. The fourth-order valence-corrected chi connectivity index (χ4v) is 1.86. The molecule has 0 bridgehead atoms. The summed E-state index contributed by atoms with van der Waals surface area (Å²) < 4.78 is 38.5. The predicted octanol–water partition coefficient (Wildman–Crippen LogP) is 3.89. The molecular weight excluding hydrogens is 400 g/mol. The first-order valence-electron chi connectivity index (χ1n) is 5.24. The molecule has 1 aromatic rings. The lowest BCUT2D eigenvalue weighted by Gasteiger charge is -2.12. The third-order valence-corrected chi connectivity index (χ3v) is 3.06. The van der Waals surface area contributed by atoms with E-state index in [4.69, 9.17) is 11.5 Å². The van der Waals surface area contributed by atoms with Gasteiger partial charge in [0.25, 0.3) is 0 Å². The molecule has 0 saturated carbocycles. The lowest BCUT2D eigenvalue weighted by Crippen LogP contribution is -2.11. The Balaban J connectivity index is 3.13. The van der Waals surface area contributed by atoms with Crippen molar-refractivity contribution in [2.75, 3.05) is 0 Å². The van der Waals surface area contributed by atoms with Crippen LogP contribution in [0, 0.1) is 11.2 Å². The average Bonchev–Trinajstić information content (AvgIpc) is 2.41. The van der Waals surface area contributed by atoms with E-state index in [-0.39, 0.29) is 17.0 Å². The molecule has 0 heterocycles. The number of nitrogens with two attached hydrogens (primary N) is 2. The molecule has 20 heavy (non-hydrogen) atoms. The summed E-state index contributed by atoms with van der Waals surface area (Å²) >= 11 is 1.98. The van der Waals surface area contributed by atoms with Crippen LogP contribution in [0.25, 0.3) is 5.70 Å². The fourth-order valence-electron chi connectivity index (χ4n) is 1.37. The van der Waals surface area contributed by atoms with Crippen LogP contribution in [0.5, 0.6) is 0 Å². The normalized spacial score (nSPS) is 12.8. The molecule has 0 aliphatic carbocycles. The first-order valence-corrected chi connectivity index (χ1v) is 8.60. The second kappa shape index (κ2) is 7.50. The smallest absolute Gasteiger partial charge is 0.398 e. The van der Waals surface area contributed by atoms with Gasteiger partial charge in [0, 0.05) is 32.5 Å². The lowest BCUT2D eigenvalue weighted by molar-refractivity contribution is -0.137. The van der Waals surface area contributed by atoms with Gasteiger partial charge in [0.2, 0.25) is 0 Å². The summed E-state index contributed by atoms with van der Waals surface area (Å²) in [5, 5.41) is 2.66. The number of rotatable bonds is 2. The first kappa shape index (κ1) is 16.8. The molecule has 7 heteroatoms. The molecule has 0 aliphatic heterocycles. The second-order valence-corrected chi connectivity index (χ2v) is 5.27. The van der Waals surface area contributed by atoms with Gasteiger partial charge in [-0.3, -0.25) is 0 Å². The Hall–Kier alpha value is -1.27. The number of alkyl halides is 3. The van der Waals surface area contributed by atoms with Crippen molar-refractivity contribution in [3.8, 4) is 11.2 Å². The molecule has 106 valence electrons. The van der Waals surface area contributed by atoms with E-state index in [0.29, 0.717) is 0 Å². The van der Waals surface area contributed by atoms with Crippen LogP contribution in [-0.4, -0.2) is 0 Å². The van der Waals surface area contributed by atoms with Crippen molar-refractivity contribution < 1.29 is 13.2 Å².